The van der Waals surface area contributed by atoms with Crippen LogP contribution in [0, 0.1) is 0 Å². The zero-order chi connectivity index (χ0) is 11.5. The number of sulfone groups is 1. The molecule has 1 aliphatic rings. The van der Waals surface area contributed by atoms with Crippen molar-refractivity contribution in [2.45, 2.75) is 44.3 Å². The minimum atomic E-state index is -3.36. The molecule has 1 saturated carbocycles. The molecule has 1 fully saturated rings. The fourth-order valence-electron chi connectivity index (χ4n) is 2.13. The highest BCUT2D eigenvalue weighted by Crippen LogP contribution is 2.38. The normalized spacial score (nSPS) is 20.1. The number of ether oxygens (including phenoxy) is 1. The van der Waals surface area contributed by atoms with E-state index in [4.69, 9.17) is 4.74 Å². The number of esters is 1. The molecule has 0 amide bonds. The van der Waals surface area contributed by atoms with Crippen LogP contribution in [0.3, 0.4) is 0 Å². The Labute approximate surface area is 90.9 Å². The molecular weight excluding hydrogens is 216 g/mol. The summed E-state index contributed by atoms with van der Waals surface area (Å²) in [5.74, 6) is -0.546. The lowest BCUT2D eigenvalue weighted by Gasteiger charge is -2.25. The molecule has 1 rings (SSSR count). The van der Waals surface area contributed by atoms with Crippen molar-refractivity contribution >= 4 is 15.8 Å². The zero-order valence-corrected chi connectivity index (χ0v) is 10.1. The molecule has 0 radical (unpaired) electrons. The Hall–Kier alpha value is -0.580. The van der Waals surface area contributed by atoms with E-state index < -0.39 is 20.6 Å². The molecule has 0 aromatic carbocycles. The summed E-state index contributed by atoms with van der Waals surface area (Å²) in [6, 6.07) is 0. The first-order chi connectivity index (χ1) is 7.00. The maximum Gasteiger partial charge on any atom is 0.327 e. The molecule has 0 saturated heterocycles. The van der Waals surface area contributed by atoms with Gasteiger partial charge in [-0.3, -0.25) is 4.79 Å². The summed E-state index contributed by atoms with van der Waals surface area (Å²) in [7, 11) is -3.36. The van der Waals surface area contributed by atoms with Crippen LogP contribution in [0.1, 0.15) is 39.5 Å². The summed E-state index contributed by atoms with van der Waals surface area (Å²) in [5.41, 5.74) is 0. The molecule has 0 N–H and O–H groups in total. The van der Waals surface area contributed by atoms with Gasteiger partial charge in [0.05, 0.1) is 6.61 Å². The number of hydrogen-bond donors (Lipinski definition) is 0. The molecule has 88 valence electrons. The first-order valence-corrected chi connectivity index (χ1v) is 7.05. The monoisotopic (exact) mass is 234 g/mol. The molecule has 5 heteroatoms. The molecule has 0 bridgehead atoms. The molecule has 0 heterocycles. The largest absolute Gasteiger partial charge is 0.465 e. The Morgan fingerprint density at radius 1 is 1.27 bits per heavy atom. The average molecular weight is 234 g/mol. The Kier molecular flexibility index (Phi) is 3.76. The Morgan fingerprint density at radius 2 is 1.80 bits per heavy atom. The lowest BCUT2D eigenvalue weighted by atomic mass is 10.1. The van der Waals surface area contributed by atoms with E-state index in [1.807, 2.05) is 0 Å². The molecular formula is C10H18O4S. The van der Waals surface area contributed by atoms with Gasteiger partial charge >= 0.3 is 5.97 Å². The number of carbonyl (C=O) groups excluding carboxylic acids is 1. The average Bonchev–Trinajstić information content (AvgIpc) is 2.68. The van der Waals surface area contributed by atoms with Crippen molar-refractivity contribution in [2.75, 3.05) is 12.4 Å². The molecule has 1 aliphatic carbocycles. The highest BCUT2D eigenvalue weighted by molar-refractivity contribution is 7.93. The van der Waals surface area contributed by atoms with Gasteiger partial charge < -0.3 is 4.74 Å². The van der Waals surface area contributed by atoms with Crippen LogP contribution in [0.5, 0.6) is 0 Å². The van der Waals surface area contributed by atoms with Gasteiger partial charge in [0.1, 0.15) is 0 Å². The Bertz CT molecular complexity index is 325. The molecule has 0 spiro atoms. The molecule has 0 aliphatic heterocycles. The second-order valence-corrected chi connectivity index (χ2v) is 6.41. The molecule has 0 atom stereocenters. The van der Waals surface area contributed by atoms with Crippen LogP contribution >= 0.6 is 0 Å². The predicted octanol–water partition coefficient (Wildman–Crippen LogP) is 1.30. The molecule has 15 heavy (non-hydrogen) atoms. The van der Waals surface area contributed by atoms with Gasteiger partial charge in [-0.1, -0.05) is 19.8 Å². The van der Waals surface area contributed by atoms with Crippen LogP contribution in [0.25, 0.3) is 0 Å². The first kappa shape index (κ1) is 12.5. The van der Waals surface area contributed by atoms with Gasteiger partial charge in [0.25, 0.3) is 0 Å². The van der Waals surface area contributed by atoms with Gasteiger partial charge in [-0.2, -0.15) is 0 Å². The van der Waals surface area contributed by atoms with Crippen molar-refractivity contribution in [2.24, 2.45) is 0 Å². The van der Waals surface area contributed by atoms with E-state index in [2.05, 4.69) is 0 Å². The second kappa shape index (κ2) is 4.51. The van der Waals surface area contributed by atoms with Gasteiger partial charge in [0.15, 0.2) is 14.6 Å². The van der Waals surface area contributed by atoms with Gasteiger partial charge in [-0.05, 0) is 19.8 Å². The van der Waals surface area contributed by atoms with Crippen molar-refractivity contribution < 1.29 is 17.9 Å². The number of hydrogen-bond acceptors (Lipinski definition) is 4. The summed E-state index contributed by atoms with van der Waals surface area (Å²) < 4.78 is 27.5. The van der Waals surface area contributed by atoms with E-state index in [-0.39, 0.29) is 12.4 Å². The maximum atomic E-state index is 11.9. The highest BCUT2D eigenvalue weighted by atomic mass is 32.2. The molecule has 0 unspecified atom stereocenters. The van der Waals surface area contributed by atoms with Crippen molar-refractivity contribution in [3.8, 4) is 0 Å². The van der Waals surface area contributed by atoms with Gasteiger partial charge in [0, 0.05) is 5.75 Å². The van der Waals surface area contributed by atoms with Gasteiger partial charge in [-0.25, -0.2) is 8.42 Å². The van der Waals surface area contributed by atoms with Gasteiger partial charge in [-0.15, -0.1) is 0 Å². The molecule has 4 nitrogen and oxygen atoms in total. The summed E-state index contributed by atoms with van der Waals surface area (Å²) in [6.07, 6.45) is 2.42. The van der Waals surface area contributed by atoms with E-state index in [0.717, 1.165) is 12.8 Å². The third-order valence-electron chi connectivity index (χ3n) is 3.03. The number of rotatable bonds is 4. The van der Waals surface area contributed by atoms with E-state index in [1.54, 1.807) is 13.8 Å². The number of carbonyl (C=O) groups is 1. The van der Waals surface area contributed by atoms with Crippen LogP contribution < -0.4 is 0 Å². The van der Waals surface area contributed by atoms with Crippen molar-refractivity contribution in [3.63, 3.8) is 0 Å². The predicted molar refractivity (Wildman–Crippen MR) is 57.3 cm³/mol. The van der Waals surface area contributed by atoms with E-state index in [0.29, 0.717) is 12.8 Å². The van der Waals surface area contributed by atoms with Gasteiger partial charge in [0.2, 0.25) is 0 Å². The van der Waals surface area contributed by atoms with Crippen LogP contribution in [-0.4, -0.2) is 31.5 Å². The van der Waals surface area contributed by atoms with Crippen molar-refractivity contribution in [1.82, 2.24) is 0 Å². The molecule has 0 aromatic heterocycles. The summed E-state index contributed by atoms with van der Waals surface area (Å²) in [6.45, 7) is 3.51. The highest BCUT2D eigenvalue weighted by Gasteiger charge is 2.52. The SMILES string of the molecule is CCOC(=O)C1(S(=O)(=O)CC)CCCC1. The smallest absolute Gasteiger partial charge is 0.327 e. The van der Waals surface area contributed by atoms with Crippen LogP contribution in [0.2, 0.25) is 0 Å². The first-order valence-electron chi connectivity index (χ1n) is 5.39. The Balaban J connectivity index is 3.04. The third kappa shape index (κ3) is 2.02. The fraction of sp³-hybridized carbons (Fsp3) is 0.900. The lowest BCUT2D eigenvalue weighted by Crippen LogP contribution is -2.46. The Morgan fingerprint density at radius 3 is 2.20 bits per heavy atom. The lowest BCUT2D eigenvalue weighted by molar-refractivity contribution is -0.146. The summed E-state index contributed by atoms with van der Waals surface area (Å²) in [5, 5.41) is 0. The standard InChI is InChI=1S/C10H18O4S/c1-3-14-9(11)10(7-5-6-8-10)15(12,13)4-2/h3-8H2,1-2H3. The molecule has 0 aromatic rings. The third-order valence-corrected chi connectivity index (χ3v) is 5.56. The van der Waals surface area contributed by atoms with E-state index >= 15 is 0 Å². The maximum absolute atomic E-state index is 11.9. The van der Waals surface area contributed by atoms with Crippen LogP contribution in [0.4, 0.5) is 0 Å². The van der Waals surface area contributed by atoms with Crippen LogP contribution in [-0.2, 0) is 19.4 Å². The fourth-order valence-corrected chi connectivity index (χ4v) is 3.90. The van der Waals surface area contributed by atoms with E-state index in [9.17, 15) is 13.2 Å². The quantitative estimate of drug-likeness (QED) is 0.688. The van der Waals surface area contributed by atoms with E-state index in [1.165, 1.54) is 0 Å². The van der Waals surface area contributed by atoms with Crippen molar-refractivity contribution in [3.05, 3.63) is 0 Å². The van der Waals surface area contributed by atoms with Crippen molar-refractivity contribution in [1.29, 1.82) is 0 Å². The van der Waals surface area contributed by atoms with Crippen LogP contribution in [0.15, 0.2) is 0 Å². The second-order valence-electron chi connectivity index (χ2n) is 3.83. The minimum absolute atomic E-state index is 0.00577. The summed E-state index contributed by atoms with van der Waals surface area (Å²) >= 11 is 0. The zero-order valence-electron chi connectivity index (χ0n) is 9.28. The summed E-state index contributed by atoms with van der Waals surface area (Å²) in [4.78, 5) is 11.8. The minimum Gasteiger partial charge on any atom is -0.465 e. The topological polar surface area (TPSA) is 60.4 Å².